The SMILES string of the molecule is CCOC(=O)Cc1nnc(-c2ccccc2F)s1. The third kappa shape index (κ3) is 2.89. The van der Waals surface area contributed by atoms with E-state index in [-0.39, 0.29) is 18.2 Å². The molecular formula is C12H11FN2O2S. The Hall–Kier alpha value is -1.82. The van der Waals surface area contributed by atoms with Gasteiger partial charge in [-0.1, -0.05) is 23.5 Å². The van der Waals surface area contributed by atoms with Crippen molar-refractivity contribution in [2.24, 2.45) is 0 Å². The summed E-state index contributed by atoms with van der Waals surface area (Å²) in [6.45, 7) is 2.07. The molecule has 1 aromatic carbocycles. The van der Waals surface area contributed by atoms with E-state index < -0.39 is 0 Å². The van der Waals surface area contributed by atoms with Gasteiger partial charge in [0, 0.05) is 5.56 Å². The van der Waals surface area contributed by atoms with Crippen molar-refractivity contribution in [3.63, 3.8) is 0 Å². The van der Waals surface area contributed by atoms with Crippen molar-refractivity contribution in [3.8, 4) is 10.6 Å². The number of ether oxygens (including phenoxy) is 1. The predicted octanol–water partition coefficient (Wildman–Crippen LogP) is 2.45. The average Bonchev–Trinajstić information content (AvgIpc) is 2.78. The van der Waals surface area contributed by atoms with Gasteiger partial charge < -0.3 is 4.74 Å². The van der Waals surface area contributed by atoms with Crippen molar-refractivity contribution in [3.05, 3.63) is 35.1 Å². The van der Waals surface area contributed by atoms with Crippen LogP contribution in [0.2, 0.25) is 0 Å². The zero-order valence-electron chi connectivity index (χ0n) is 9.72. The van der Waals surface area contributed by atoms with Crippen molar-refractivity contribution < 1.29 is 13.9 Å². The number of carbonyl (C=O) groups excluding carboxylic acids is 1. The van der Waals surface area contributed by atoms with Crippen LogP contribution in [0.4, 0.5) is 4.39 Å². The van der Waals surface area contributed by atoms with Gasteiger partial charge in [0.05, 0.1) is 13.0 Å². The van der Waals surface area contributed by atoms with Gasteiger partial charge in [0.2, 0.25) is 0 Å². The minimum atomic E-state index is -0.353. The van der Waals surface area contributed by atoms with Crippen LogP contribution in [-0.4, -0.2) is 22.8 Å². The fraction of sp³-hybridized carbons (Fsp3) is 0.250. The molecule has 0 spiro atoms. The van der Waals surface area contributed by atoms with Crippen molar-refractivity contribution in [1.82, 2.24) is 10.2 Å². The first-order valence-corrected chi connectivity index (χ1v) is 6.25. The van der Waals surface area contributed by atoms with Gasteiger partial charge >= 0.3 is 5.97 Å². The number of nitrogens with zero attached hydrogens (tertiary/aromatic N) is 2. The molecule has 94 valence electrons. The molecule has 0 fully saturated rings. The second kappa shape index (κ2) is 5.68. The van der Waals surface area contributed by atoms with Crippen LogP contribution < -0.4 is 0 Å². The van der Waals surface area contributed by atoms with Crippen molar-refractivity contribution >= 4 is 17.3 Å². The smallest absolute Gasteiger partial charge is 0.312 e. The molecule has 0 saturated heterocycles. The van der Waals surface area contributed by atoms with Crippen molar-refractivity contribution in [2.45, 2.75) is 13.3 Å². The highest BCUT2D eigenvalue weighted by atomic mass is 32.1. The van der Waals surface area contributed by atoms with Gasteiger partial charge in [-0.3, -0.25) is 4.79 Å². The zero-order valence-corrected chi connectivity index (χ0v) is 10.5. The molecule has 0 N–H and O–H groups in total. The van der Waals surface area contributed by atoms with E-state index in [4.69, 9.17) is 4.74 Å². The van der Waals surface area contributed by atoms with E-state index in [1.165, 1.54) is 17.4 Å². The first-order chi connectivity index (χ1) is 8.70. The maximum absolute atomic E-state index is 13.5. The minimum Gasteiger partial charge on any atom is -0.466 e. The fourth-order valence-electron chi connectivity index (χ4n) is 1.40. The van der Waals surface area contributed by atoms with Gasteiger partial charge in [0.15, 0.2) is 5.01 Å². The van der Waals surface area contributed by atoms with Crippen LogP contribution in [0.25, 0.3) is 10.6 Å². The molecule has 2 rings (SSSR count). The number of esters is 1. The standard InChI is InChI=1S/C12H11FN2O2S/c1-2-17-11(16)7-10-14-15-12(18-10)8-5-3-4-6-9(8)13/h3-6H,2,7H2,1H3. The monoisotopic (exact) mass is 266 g/mol. The van der Waals surface area contributed by atoms with Gasteiger partial charge in [-0.05, 0) is 19.1 Å². The van der Waals surface area contributed by atoms with Crippen LogP contribution in [0.5, 0.6) is 0 Å². The number of aromatic nitrogens is 2. The summed E-state index contributed by atoms with van der Waals surface area (Å²) in [4.78, 5) is 11.3. The lowest BCUT2D eigenvalue weighted by Gasteiger charge is -1.97. The predicted molar refractivity (Wildman–Crippen MR) is 65.6 cm³/mol. The highest BCUT2D eigenvalue weighted by Crippen LogP contribution is 2.25. The highest BCUT2D eigenvalue weighted by Gasteiger charge is 2.13. The Morgan fingerprint density at radius 1 is 1.39 bits per heavy atom. The lowest BCUT2D eigenvalue weighted by atomic mass is 10.2. The van der Waals surface area contributed by atoms with Crippen LogP contribution in [0.3, 0.4) is 0 Å². The Balaban J connectivity index is 2.16. The minimum absolute atomic E-state index is 0.0694. The molecule has 0 radical (unpaired) electrons. The Bertz CT molecular complexity index is 557. The Morgan fingerprint density at radius 2 is 2.17 bits per heavy atom. The summed E-state index contributed by atoms with van der Waals surface area (Å²) in [5, 5.41) is 8.72. The van der Waals surface area contributed by atoms with Crippen molar-refractivity contribution in [1.29, 1.82) is 0 Å². The topological polar surface area (TPSA) is 52.1 Å². The molecule has 0 atom stereocenters. The molecule has 2 aromatic rings. The summed E-state index contributed by atoms with van der Waals surface area (Å²) >= 11 is 1.19. The molecule has 0 aliphatic rings. The molecule has 0 aliphatic heterocycles. The molecule has 0 amide bonds. The van der Waals surface area contributed by atoms with Gasteiger partial charge in [0.25, 0.3) is 0 Å². The number of halogens is 1. The van der Waals surface area contributed by atoms with E-state index in [2.05, 4.69) is 10.2 Å². The second-order valence-electron chi connectivity index (χ2n) is 3.46. The molecule has 1 heterocycles. The van der Waals surface area contributed by atoms with Gasteiger partial charge in [-0.2, -0.15) is 0 Å². The van der Waals surface area contributed by atoms with E-state index in [0.29, 0.717) is 22.2 Å². The van der Waals surface area contributed by atoms with Crippen LogP contribution in [0.1, 0.15) is 11.9 Å². The molecule has 18 heavy (non-hydrogen) atoms. The summed E-state index contributed by atoms with van der Waals surface area (Å²) in [5.74, 6) is -0.704. The maximum Gasteiger partial charge on any atom is 0.312 e. The van der Waals surface area contributed by atoms with Crippen LogP contribution >= 0.6 is 11.3 Å². The largest absolute Gasteiger partial charge is 0.466 e. The van der Waals surface area contributed by atoms with Gasteiger partial charge in [0.1, 0.15) is 10.8 Å². The van der Waals surface area contributed by atoms with Gasteiger partial charge in [-0.15, -0.1) is 10.2 Å². The van der Waals surface area contributed by atoms with Gasteiger partial charge in [-0.25, -0.2) is 4.39 Å². The first-order valence-electron chi connectivity index (χ1n) is 5.43. The molecule has 0 aliphatic carbocycles. The lowest BCUT2D eigenvalue weighted by Crippen LogP contribution is -2.07. The number of hydrogen-bond donors (Lipinski definition) is 0. The van der Waals surface area contributed by atoms with Crippen molar-refractivity contribution in [2.75, 3.05) is 6.61 Å². The van der Waals surface area contributed by atoms with E-state index in [1.54, 1.807) is 25.1 Å². The number of benzene rings is 1. The number of carbonyl (C=O) groups is 1. The van der Waals surface area contributed by atoms with Crippen LogP contribution in [-0.2, 0) is 16.0 Å². The summed E-state index contributed by atoms with van der Waals surface area (Å²) in [7, 11) is 0. The molecule has 1 aromatic heterocycles. The van der Waals surface area contributed by atoms with E-state index in [1.807, 2.05) is 0 Å². The molecule has 0 bridgehead atoms. The van der Waals surface area contributed by atoms with E-state index in [9.17, 15) is 9.18 Å². The molecule has 6 heteroatoms. The Kier molecular flexibility index (Phi) is 3.99. The van der Waals surface area contributed by atoms with Crippen LogP contribution in [0.15, 0.2) is 24.3 Å². The molecule has 4 nitrogen and oxygen atoms in total. The number of hydrogen-bond acceptors (Lipinski definition) is 5. The lowest BCUT2D eigenvalue weighted by molar-refractivity contribution is -0.142. The fourth-order valence-corrected chi connectivity index (χ4v) is 2.26. The quantitative estimate of drug-likeness (QED) is 0.798. The summed E-state index contributed by atoms with van der Waals surface area (Å²) in [5.41, 5.74) is 0.394. The third-order valence-electron chi connectivity index (χ3n) is 2.17. The van der Waals surface area contributed by atoms with E-state index >= 15 is 0 Å². The highest BCUT2D eigenvalue weighted by molar-refractivity contribution is 7.14. The first kappa shape index (κ1) is 12.6. The van der Waals surface area contributed by atoms with Crippen LogP contribution in [0, 0.1) is 5.82 Å². The molecule has 0 saturated carbocycles. The second-order valence-corrected chi connectivity index (χ2v) is 4.52. The van der Waals surface area contributed by atoms with E-state index in [0.717, 1.165) is 0 Å². The molecule has 0 unspecified atom stereocenters. The number of rotatable bonds is 4. The Labute approximate surface area is 107 Å². The summed E-state index contributed by atoms with van der Waals surface area (Å²) in [6, 6.07) is 6.33. The average molecular weight is 266 g/mol. The zero-order chi connectivity index (χ0) is 13.0. The summed E-state index contributed by atoms with van der Waals surface area (Å²) in [6.07, 6.45) is 0.0694. The summed E-state index contributed by atoms with van der Waals surface area (Å²) < 4.78 is 18.3. The Morgan fingerprint density at radius 3 is 2.89 bits per heavy atom. The maximum atomic E-state index is 13.5. The normalized spacial score (nSPS) is 10.3. The third-order valence-corrected chi connectivity index (χ3v) is 3.13. The molecular weight excluding hydrogens is 255 g/mol.